The van der Waals surface area contributed by atoms with Gasteiger partial charge in [0.05, 0.1) is 0 Å². The van der Waals surface area contributed by atoms with Crippen molar-refractivity contribution in [2.24, 2.45) is 35.0 Å². The van der Waals surface area contributed by atoms with Crippen molar-refractivity contribution in [2.45, 2.75) is 189 Å². The molecule has 6 atom stereocenters. The third-order valence-corrected chi connectivity index (χ3v) is 12.4. The molecule has 262 valence electrons. The number of fused-ring (bicyclic) bond motifs is 1. The van der Waals surface area contributed by atoms with Gasteiger partial charge in [0.2, 0.25) is 0 Å². The van der Waals surface area contributed by atoms with Crippen LogP contribution in [0.1, 0.15) is 183 Å². The van der Waals surface area contributed by atoms with Crippen molar-refractivity contribution in [2.75, 3.05) is 0 Å². The van der Waals surface area contributed by atoms with Crippen molar-refractivity contribution in [3.8, 4) is 0 Å². The fourth-order valence-electron chi connectivity index (χ4n) is 8.72. The van der Waals surface area contributed by atoms with E-state index in [0.717, 1.165) is 38.0 Å². The molecule has 0 aromatic carbocycles. The fraction of sp³-hybridized carbons (Fsp3) is 0.795. The largest absolute Gasteiger partial charge is 0.462 e. The van der Waals surface area contributed by atoms with E-state index in [1.165, 1.54) is 107 Å². The maximum absolute atomic E-state index is 12.7. The van der Waals surface area contributed by atoms with Crippen LogP contribution in [0.25, 0.3) is 0 Å². The van der Waals surface area contributed by atoms with Crippen molar-refractivity contribution < 1.29 is 9.53 Å². The molecule has 0 unspecified atom stereocenters. The van der Waals surface area contributed by atoms with Crippen LogP contribution in [-0.4, -0.2) is 12.1 Å². The number of esters is 1. The molecule has 2 nitrogen and oxygen atoms in total. The number of hydrogen-bond donors (Lipinski definition) is 0. The van der Waals surface area contributed by atoms with E-state index in [-0.39, 0.29) is 12.1 Å². The molecular weight excluding hydrogens is 560 g/mol. The van der Waals surface area contributed by atoms with Crippen LogP contribution < -0.4 is 0 Å². The van der Waals surface area contributed by atoms with Crippen LogP contribution in [0, 0.1) is 35.0 Å². The van der Waals surface area contributed by atoms with Crippen molar-refractivity contribution in [1.29, 1.82) is 0 Å². The highest BCUT2D eigenvalue weighted by Crippen LogP contribution is 2.58. The molecule has 0 saturated heterocycles. The second-order valence-corrected chi connectivity index (χ2v) is 16.3. The van der Waals surface area contributed by atoms with E-state index in [1.807, 2.05) is 0 Å². The number of allylic oxidation sites excluding steroid dienone is 7. The predicted molar refractivity (Wildman–Crippen MR) is 200 cm³/mol. The molecule has 2 heteroatoms. The highest BCUT2D eigenvalue weighted by Gasteiger charge is 2.49. The minimum absolute atomic E-state index is 0.0182. The molecule has 0 heterocycles. The van der Waals surface area contributed by atoms with E-state index in [0.29, 0.717) is 35.5 Å². The minimum atomic E-state index is 0.0182. The first-order chi connectivity index (χ1) is 22.2. The van der Waals surface area contributed by atoms with E-state index in [4.69, 9.17) is 4.74 Å². The molecule has 0 amide bonds. The normalized spacial score (nSPS) is 26.6. The van der Waals surface area contributed by atoms with Crippen LogP contribution >= 0.6 is 0 Å². The van der Waals surface area contributed by atoms with E-state index in [9.17, 15) is 4.79 Å². The average Bonchev–Trinajstić information content (AvgIpc) is 3.39. The Hall–Kier alpha value is -1.57. The molecule has 0 N–H and O–H groups in total. The Morgan fingerprint density at radius 1 is 0.870 bits per heavy atom. The van der Waals surface area contributed by atoms with Crippen molar-refractivity contribution in [3.63, 3.8) is 0 Å². The highest BCUT2D eigenvalue weighted by molar-refractivity contribution is 5.69. The molecule has 0 aromatic rings. The van der Waals surface area contributed by atoms with Crippen LogP contribution in [0.4, 0.5) is 0 Å². The average molecular weight is 635 g/mol. The summed E-state index contributed by atoms with van der Waals surface area (Å²) in [5.74, 6) is 3.43. The summed E-state index contributed by atoms with van der Waals surface area (Å²) in [4.78, 5) is 12.7. The summed E-state index contributed by atoms with van der Waals surface area (Å²) < 4.78 is 6.02. The van der Waals surface area contributed by atoms with Crippen molar-refractivity contribution >= 4 is 5.97 Å². The number of hydrogen-bond acceptors (Lipinski definition) is 2. The molecule has 0 aliphatic heterocycles. The van der Waals surface area contributed by atoms with Crippen molar-refractivity contribution in [3.05, 3.63) is 47.1 Å². The molecule has 1 saturated carbocycles. The minimum Gasteiger partial charge on any atom is -0.462 e. The topological polar surface area (TPSA) is 26.3 Å². The lowest BCUT2D eigenvalue weighted by Crippen LogP contribution is -2.34. The Kier molecular flexibility index (Phi) is 17.5. The predicted octanol–water partition coefficient (Wildman–Crippen LogP) is 13.7. The lowest BCUT2D eigenvalue weighted by Gasteiger charge is -2.42. The molecule has 3 aliphatic carbocycles. The van der Waals surface area contributed by atoms with Crippen molar-refractivity contribution in [1.82, 2.24) is 0 Å². The molecular formula is C44H74O2. The van der Waals surface area contributed by atoms with Gasteiger partial charge >= 0.3 is 5.97 Å². The Balaban J connectivity index is 1.37. The Morgan fingerprint density at radius 2 is 1.50 bits per heavy atom. The molecule has 1 fully saturated rings. The summed E-state index contributed by atoms with van der Waals surface area (Å²) in [5.41, 5.74) is 4.82. The Bertz CT molecular complexity index is 1010. The number of rotatable bonds is 21. The number of carbonyl (C=O) groups excluding carboxylic acids is 1. The zero-order chi connectivity index (χ0) is 33.4. The maximum Gasteiger partial charge on any atom is 0.306 e. The van der Waals surface area contributed by atoms with Crippen LogP contribution in [0.3, 0.4) is 0 Å². The van der Waals surface area contributed by atoms with Crippen LogP contribution in [0.15, 0.2) is 47.1 Å². The van der Waals surface area contributed by atoms with E-state index in [2.05, 4.69) is 78.8 Å². The summed E-state index contributed by atoms with van der Waals surface area (Å²) in [6.07, 6.45) is 38.3. The van der Waals surface area contributed by atoms with Gasteiger partial charge in [-0.3, -0.25) is 4.79 Å². The summed E-state index contributed by atoms with van der Waals surface area (Å²) in [6, 6.07) is 0. The second-order valence-electron chi connectivity index (χ2n) is 16.3. The van der Waals surface area contributed by atoms with Gasteiger partial charge in [-0.1, -0.05) is 155 Å². The smallest absolute Gasteiger partial charge is 0.306 e. The molecule has 3 rings (SSSR count). The van der Waals surface area contributed by atoms with Crippen LogP contribution in [0.2, 0.25) is 0 Å². The Labute approximate surface area is 286 Å². The summed E-state index contributed by atoms with van der Waals surface area (Å²) >= 11 is 0. The monoisotopic (exact) mass is 635 g/mol. The van der Waals surface area contributed by atoms with E-state index < -0.39 is 0 Å². The summed E-state index contributed by atoms with van der Waals surface area (Å²) in [6.45, 7) is 16.6. The van der Waals surface area contributed by atoms with Gasteiger partial charge in [-0.15, -0.1) is 0 Å². The third-order valence-electron chi connectivity index (χ3n) is 12.4. The molecule has 0 spiro atoms. The van der Waals surface area contributed by atoms with Crippen LogP contribution in [0.5, 0.6) is 0 Å². The summed E-state index contributed by atoms with van der Waals surface area (Å²) in [7, 11) is 0. The van der Waals surface area contributed by atoms with Gasteiger partial charge in [0.15, 0.2) is 0 Å². The molecule has 0 aromatic heterocycles. The maximum atomic E-state index is 12.7. The molecule has 0 radical (unpaired) electrons. The third kappa shape index (κ3) is 12.5. The molecule has 46 heavy (non-hydrogen) atoms. The fourth-order valence-corrected chi connectivity index (χ4v) is 8.72. The summed E-state index contributed by atoms with van der Waals surface area (Å²) in [5, 5.41) is 0. The number of carbonyl (C=O) groups is 1. The highest BCUT2D eigenvalue weighted by atomic mass is 16.5. The first-order valence-electron chi connectivity index (χ1n) is 20.1. The zero-order valence-corrected chi connectivity index (χ0v) is 31.5. The van der Waals surface area contributed by atoms with Gasteiger partial charge in [0.25, 0.3) is 0 Å². The number of unbranched alkanes of at least 4 members (excludes halogenated alkanes) is 12. The van der Waals surface area contributed by atoms with Gasteiger partial charge in [-0.05, 0) is 98.0 Å². The lowest BCUT2D eigenvalue weighted by atomic mass is 9.62. The van der Waals surface area contributed by atoms with Gasteiger partial charge in [0.1, 0.15) is 6.10 Å². The van der Waals surface area contributed by atoms with E-state index >= 15 is 0 Å². The number of ether oxygens (including phenoxy) is 1. The quantitative estimate of drug-likeness (QED) is 0.0713. The molecule has 0 bridgehead atoms. The van der Waals surface area contributed by atoms with E-state index in [1.54, 1.807) is 5.57 Å². The first-order valence-corrected chi connectivity index (χ1v) is 20.1. The SMILES string of the molecule is CCCCCCCCCCCCCCCC(=O)O[C@H]1CCC(C)=C(/C=C/C2=CCC[C@]3(C)[C@@H]([C@H](C)/C=C/[C@H](C)C(C)C)CC[C@@H]23)C1. The Morgan fingerprint density at radius 3 is 2.13 bits per heavy atom. The van der Waals surface area contributed by atoms with Gasteiger partial charge < -0.3 is 4.74 Å². The lowest BCUT2D eigenvalue weighted by molar-refractivity contribution is -0.149. The second kappa shape index (κ2) is 20.7. The first kappa shape index (κ1) is 38.9. The standard InChI is InChI=1S/C44H74O2/c1-8-9-10-11-12-13-14-15-16-17-18-19-20-23-43(45)46-40-29-26-36(5)39(33-40)28-27-38-22-21-32-44(7)41(30-31-42(38)44)37(6)25-24-35(4)34(2)3/h22,24-25,27-28,34-35,37,40-42H,8-21,23,26,29-33H2,1-7H3/b25-24+,28-27+/t35-,37+,40-,41+,42-,44+/m0/s1. The molecule has 3 aliphatic rings. The zero-order valence-electron chi connectivity index (χ0n) is 31.5. The van der Waals surface area contributed by atoms with Crippen LogP contribution in [-0.2, 0) is 9.53 Å². The van der Waals surface area contributed by atoms with Gasteiger partial charge in [0, 0.05) is 12.8 Å². The van der Waals surface area contributed by atoms with Gasteiger partial charge in [-0.25, -0.2) is 0 Å². The van der Waals surface area contributed by atoms with Gasteiger partial charge in [-0.2, -0.15) is 0 Å².